The highest BCUT2D eigenvalue weighted by Crippen LogP contribution is 2.17. The van der Waals surface area contributed by atoms with Crippen LogP contribution in [0.5, 0.6) is 0 Å². The maximum atomic E-state index is 12.4. The molecule has 390 valence electrons. The van der Waals surface area contributed by atoms with Gasteiger partial charge in [-0.15, -0.1) is 0 Å². The van der Waals surface area contributed by atoms with Crippen LogP contribution >= 0.6 is 0 Å². The van der Waals surface area contributed by atoms with Crippen molar-refractivity contribution in [3.05, 3.63) is 24.3 Å². The largest absolute Gasteiger partial charge is 0.466 e. The predicted molar refractivity (Wildman–Crippen MR) is 287 cm³/mol. The Balaban J connectivity index is 3.41. The van der Waals surface area contributed by atoms with E-state index in [2.05, 4.69) is 31.3 Å². The summed E-state index contributed by atoms with van der Waals surface area (Å²) in [5, 5.41) is 23.1. The molecule has 0 aliphatic carbocycles. The number of unbranched alkanes of at least 4 members (excludes halogenated alkanes) is 42. The van der Waals surface area contributed by atoms with Gasteiger partial charge in [0.2, 0.25) is 5.91 Å². The molecule has 2 unspecified atom stereocenters. The van der Waals surface area contributed by atoms with E-state index in [1.807, 2.05) is 6.08 Å². The average molecular weight is 931 g/mol. The number of hydrogen-bond donors (Lipinski definition) is 3. The lowest BCUT2D eigenvalue weighted by Crippen LogP contribution is -2.45. The zero-order valence-electron chi connectivity index (χ0n) is 44.4. The molecule has 0 saturated heterocycles. The van der Waals surface area contributed by atoms with E-state index in [4.69, 9.17) is 4.74 Å². The molecule has 66 heavy (non-hydrogen) atoms. The lowest BCUT2D eigenvalue weighted by atomic mass is 10.0. The minimum Gasteiger partial charge on any atom is -0.466 e. The maximum Gasteiger partial charge on any atom is 0.305 e. The quantitative estimate of drug-likeness (QED) is 0.0321. The Labute approximate surface area is 411 Å². The molecule has 0 saturated carbocycles. The van der Waals surface area contributed by atoms with E-state index in [0.717, 1.165) is 44.9 Å². The summed E-state index contributed by atoms with van der Waals surface area (Å²) in [6.07, 6.45) is 67.7. The Hall–Kier alpha value is -1.66. The molecule has 0 bridgehead atoms. The second kappa shape index (κ2) is 55.9. The number of amides is 1. The van der Waals surface area contributed by atoms with Crippen LogP contribution in [0.4, 0.5) is 0 Å². The summed E-state index contributed by atoms with van der Waals surface area (Å²) in [6, 6.07) is -0.630. The van der Waals surface area contributed by atoms with Crippen LogP contribution in [0.1, 0.15) is 322 Å². The van der Waals surface area contributed by atoms with E-state index in [1.165, 1.54) is 250 Å². The second-order valence-corrected chi connectivity index (χ2v) is 20.3. The van der Waals surface area contributed by atoms with Gasteiger partial charge in [0.1, 0.15) is 0 Å². The number of esters is 1. The van der Waals surface area contributed by atoms with E-state index in [1.54, 1.807) is 6.08 Å². The molecule has 0 fully saturated rings. The normalized spacial score (nSPS) is 12.7. The zero-order chi connectivity index (χ0) is 47.9. The highest BCUT2D eigenvalue weighted by atomic mass is 16.5. The minimum atomic E-state index is -0.846. The zero-order valence-corrected chi connectivity index (χ0v) is 44.4. The fourth-order valence-corrected chi connectivity index (χ4v) is 9.16. The van der Waals surface area contributed by atoms with Gasteiger partial charge < -0.3 is 20.3 Å². The standard InChI is InChI=1S/C60H115NO5/c1-3-5-7-9-11-13-15-17-19-22-26-30-34-38-42-46-50-54-60(65)66-55-51-47-43-39-35-31-27-24-21-20-23-25-29-33-37-41-45-49-53-59(64)61-57(56-62)58(63)52-48-44-40-36-32-28-18-16-14-12-10-8-6-4-2/h17,19,48,52,57-58,62-63H,3-16,18,20-47,49-51,53-56H2,1-2H3,(H,61,64)/b19-17-,52-48+. The first-order valence-corrected chi connectivity index (χ1v) is 29.6. The summed E-state index contributed by atoms with van der Waals surface area (Å²) >= 11 is 0. The van der Waals surface area contributed by atoms with Crippen molar-refractivity contribution in [2.24, 2.45) is 0 Å². The van der Waals surface area contributed by atoms with Crippen LogP contribution in [0.2, 0.25) is 0 Å². The van der Waals surface area contributed by atoms with E-state index in [9.17, 15) is 19.8 Å². The molecule has 1 amide bonds. The van der Waals surface area contributed by atoms with Gasteiger partial charge in [-0.25, -0.2) is 0 Å². The van der Waals surface area contributed by atoms with Gasteiger partial charge in [-0.3, -0.25) is 9.59 Å². The van der Waals surface area contributed by atoms with Crippen LogP contribution in [0, 0.1) is 0 Å². The molecular weight excluding hydrogens is 815 g/mol. The molecule has 0 heterocycles. The van der Waals surface area contributed by atoms with Crippen molar-refractivity contribution in [2.45, 2.75) is 334 Å². The number of aliphatic hydroxyl groups excluding tert-OH is 2. The summed E-state index contributed by atoms with van der Waals surface area (Å²) < 4.78 is 5.49. The number of carbonyl (C=O) groups excluding carboxylic acids is 2. The summed E-state index contributed by atoms with van der Waals surface area (Å²) in [5.41, 5.74) is 0. The van der Waals surface area contributed by atoms with Crippen molar-refractivity contribution in [1.29, 1.82) is 0 Å². The molecule has 0 aromatic carbocycles. The van der Waals surface area contributed by atoms with Gasteiger partial charge in [-0.05, 0) is 57.8 Å². The van der Waals surface area contributed by atoms with E-state index in [0.29, 0.717) is 19.4 Å². The third kappa shape index (κ3) is 51.7. The Morgan fingerprint density at radius 2 is 0.712 bits per heavy atom. The lowest BCUT2D eigenvalue weighted by Gasteiger charge is -2.20. The topological polar surface area (TPSA) is 95.9 Å². The maximum absolute atomic E-state index is 12.4. The van der Waals surface area contributed by atoms with Crippen LogP contribution in [-0.4, -0.2) is 47.4 Å². The van der Waals surface area contributed by atoms with Gasteiger partial charge in [-0.1, -0.05) is 276 Å². The Morgan fingerprint density at radius 1 is 0.409 bits per heavy atom. The van der Waals surface area contributed by atoms with Gasteiger partial charge in [0.15, 0.2) is 0 Å². The Kier molecular flexibility index (Phi) is 54.5. The lowest BCUT2D eigenvalue weighted by molar-refractivity contribution is -0.143. The summed E-state index contributed by atoms with van der Waals surface area (Å²) in [4.78, 5) is 24.5. The number of hydrogen-bond acceptors (Lipinski definition) is 5. The van der Waals surface area contributed by atoms with Gasteiger partial charge in [0.25, 0.3) is 0 Å². The molecule has 0 spiro atoms. The third-order valence-corrected chi connectivity index (χ3v) is 13.7. The summed E-state index contributed by atoms with van der Waals surface area (Å²) in [7, 11) is 0. The molecule has 0 aromatic rings. The van der Waals surface area contributed by atoms with Crippen LogP contribution in [-0.2, 0) is 14.3 Å². The first-order valence-electron chi connectivity index (χ1n) is 29.6. The number of carbonyl (C=O) groups is 2. The number of allylic oxidation sites excluding steroid dienone is 3. The smallest absolute Gasteiger partial charge is 0.305 e. The molecule has 0 aliphatic heterocycles. The fraction of sp³-hybridized carbons (Fsp3) is 0.900. The number of aliphatic hydroxyl groups is 2. The number of rotatable bonds is 55. The molecule has 3 N–H and O–H groups in total. The average Bonchev–Trinajstić information content (AvgIpc) is 3.32. The number of ether oxygens (including phenoxy) is 1. The molecule has 0 aliphatic rings. The molecule has 6 heteroatoms. The second-order valence-electron chi connectivity index (χ2n) is 20.3. The molecule has 6 nitrogen and oxygen atoms in total. The monoisotopic (exact) mass is 930 g/mol. The Morgan fingerprint density at radius 3 is 1.08 bits per heavy atom. The van der Waals surface area contributed by atoms with Crippen molar-refractivity contribution in [1.82, 2.24) is 5.32 Å². The van der Waals surface area contributed by atoms with E-state index < -0.39 is 12.1 Å². The van der Waals surface area contributed by atoms with Crippen molar-refractivity contribution in [3.8, 4) is 0 Å². The van der Waals surface area contributed by atoms with Crippen molar-refractivity contribution in [2.75, 3.05) is 13.2 Å². The van der Waals surface area contributed by atoms with Crippen molar-refractivity contribution in [3.63, 3.8) is 0 Å². The van der Waals surface area contributed by atoms with Crippen LogP contribution in [0.25, 0.3) is 0 Å². The summed E-state index contributed by atoms with van der Waals surface area (Å²) in [5.74, 6) is -0.0677. The van der Waals surface area contributed by atoms with Crippen LogP contribution in [0.15, 0.2) is 24.3 Å². The highest BCUT2D eigenvalue weighted by Gasteiger charge is 2.18. The van der Waals surface area contributed by atoms with Gasteiger partial charge >= 0.3 is 5.97 Å². The van der Waals surface area contributed by atoms with Gasteiger partial charge in [0.05, 0.1) is 25.4 Å². The molecular formula is C60H115NO5. The molecule has 0 aromatic heterocycles. The highest BCUT2D eigenvalue weighted by molar-refractivity contribution is 5.76. The van der Waals surface area contributed by atoms with E-state index in [-0.39, 0.29) is 18.5 Å². The van der Waals surface area contributed by atoms with Crippen molar-refractivity contribution >= 4 is 11.9 Å². The fourth-order valence-electron chi connectivity index (χ4n) is 9.16. The first kappa shape index (κ1) is 64.3. The molecule has 2 atom stereocenters. The predicted octanol–water partition coefficient (Wildman–Crippen LogP) is 18.2. The SMILES string of the molecule is CCCCCCCC/C=C\CCCCCCCCCC(=O)OCCCCCCCCCCCCCCCCCCCCC(=O)NC(CO)C(O)/C=C/CCCCCCCCCCCCCC. The first-order chi connectivity index (χ1) is 32.5. The Bertz CT molecular complexity index is 1030. The molecule has 0 radical (unpaired) electrons. The van der Waals surface area contributed by atoms with Crippen LogP contribution < -0.4 is 5.32 Å². The van der Waals surface area contributed by atoms with Crippen molar-refractivity contribution < 1.29 is 24.5 Å². The molecule has 0 rings (SSSR count). The summed E-state index contributed by atoms with van der Waals surface area (Å²) in [6.45, 7) is 4.90. The third-order valence-electron chi connectivity index (χ3n) is 13.7. The van der Waals surface area contributed by atoms with Gasteiger partial charge in [0, 0.05) is 12.8 Å². The van der Waals surface area contributed by atoms with Gasteiger partial charge in [-0.2, -0.15) is 0 Å². The number of nitrogens with one attached hydrogen (secondary N) is 1. The van der Waals surface area contributed by atoms with Crippen LogP contribution in [0.3, 0.4) is 0 Å². The van der Waals surface area contributed by atoms with E-state index >= 15 is 0 Å². The minimum absolute atomic E-state index is 0.00336.